The van der Waals surface area contributed by atoms with Crippen molar-refractivity contribution < 1.29 is 0 Å². The van der Waals surface area contributed by atoms with Crippen molar-refractivity contribution in [3.8, 4) is 22.8 Å². The molecule has 108 valence electrons. The summed E-state index contributed by atoms with van der Waals surface area (Å²) in [5, 5.41) is 8.69. The smallest absolute Gasteiger partial charge is 0.156 e. The van der Waals surface area contributed by atoms with E-state index in [1.54, 1.807) is 0 Å². The summed E-state index contributed by atoms with van der Waals surface area (Å²) in [6, 6.07) is 15.1. The second-order valence-corrected chi connectivity index (χ2v) is 5.79. The fraction of sp³-hybridized carbons (Fsp3) is 0. The van der Waals surface area contributed by atoms with Gasteiger partial charge in [-0.25, -0.2) is 4.98 Å². The van der Waals surface area contributed by atoms with E-state index >= 15 is 0 Å². The second kappa shape index (κ2) is 5.16. The number of fused-ring (bicyclic) bond motifs is 1. The number of imidazole rings is 1. The summed E-state index contributed by atoms with van der Waals surface area (Å²) in [4.78, 5) is 7.78. The Balaban J connectivity index is 1.74. The average Bonchev–Trinajstić information content (AvgIpc) is 3.13. The molecule has 0 aliphatic rings. The molecule has 22 heavy (non-hydrogen) atoms. The summed E-state index contributed by atoms with van der Waals surface area (Å²) in [5.41, 5.74) is 4.40. The van der Waals surface area contributed by atoms with Gasteiger partial charge in [-0.1, -0.05) is 35.3 Å². The maximum atomic E-state index is 5.99. The van der Waals surface area contributed by atoms with Crippen molar-refractivity contribution in [1.29, 1.82) is 0 Å². The third kappa shape index (κ3) is 2.36. The van der Waals surface area contributed by atoms with Gasteiger partial charge in [0.15, 0.2) is 5.82 Å². The quantitative estimate of drug-likeness (QED) is 0.548. The largest absolute Gasteiger partial charge is 0.337 e. The SMILES string of the molecule is Clc1ccc(-c2cc(-c3nc4cc(Cl)ccc4[nH]3)[nH]n2)cc1. The van der Waals surface area contributed by atoms with E-state index < -0.39 is 0 Å². The predicted octanol–water partition coefficient (Wildman–Crippen LogP) is 4.93. The Morgan fingerprint density at radius 2 is 1.64 bits per heavy atom. The third-order valence-electron chi connectivity index (χ3n) is 3.42. The van der Waals surface area contributed by atoms with E-state index in [1.807, 2.05) is 48.5 Å². The van der Waals surface area contributed by atoms with Gasteiger partial charge in [0.2, 0.25) is 0 Å². The van der Waals surface area contributed by atoms with Crippen molar-refractivity contribution in [2.45, 2.75) is 0 Å². The lowest BCUT2D eigenvalue weighted by molar-refractivity contribution is 1.09. The summed E-state index contributed by atoms with van der Waals surface area (Å²) in [7, 11) is 0. The first-order valence-corrected chi connectivity index (χ1v) is 7.42. The lowest BCUT2D eigenvalue weighted by Crippen LogP contribution is -1.79. The maximum Gasteiger partial charge on any atom is 0.156 e. The molecule has 0 aliphatic heterocycles. The number of aromatic nitrogens is 4. The second-order valence-electron chi connectivity index (χ2n) is 4.92. The van der Waals surface area contributed by atoms with E-state index in [9.17, 15) is 0 Å². The van der Waals surface area contributed by atoms with Gasteiger partial charge in [0.1, 0.15) is 5.69 Å². The number of halogens is 2. The molecule has 0 saturated heterocycles. The minimum Gasteiger partial charge on any atom is -0.337 e. The minimum absolute atomic E-state index is 0.664. The van der Waals surface area contributed by atoms with Crippen LogP contribution in [0.25, 0.3) is 33.8 Å². The molecule has 0 amide bonds. The van der Waals surface area contributed by atoms with E-state index in [0.717, 1.165) is 33.8 Å². The molecular formula is C16H10Cl2N4. The molecule has 0 unspecified atom stereocenters. The van der Waals surface area contributed by atoms with Crippen molar-refractivity contribution in [2.75, 3.05) is 0 Å². The summed E-state index contributed by atoms with van der Waals surface area (Å²) < 4.78 is 0. The van der Waals surface area contributed by atoms with Gasteiger partial charge >= 0.3 is 0 Å². The zero-order valence-electron chi connectivity index (χ0n) is 11.3. The van der Waals surface area contributed by atoms with E-state index in [1.165, 1.54) is 0 Å². The third-order valence-corrected chi connectivity index (χ3v) is 3.91. The summed E-state index contributed by atoms with van der Waals surface area (Å²) in [5.74, 6) is 0.727. The predicted molar refractivity (Wildman–Crippen MR) is 89.1 cm³/mol. The molecule has 4 nitrogen and oxygen atoms in total. The van der Waals surface area contributed by atoms with Gasteiger partial charge in [0, 0.05) is 15.6 Å². The van der Waals surface area contributed by atoms with E-state index in [2.05, 4.69) is 20.2 Å². The molecule has 0 bridgehead atoms. The van der Waals surface area contributed by atoms with Crippen LogP contribution >= 0.6 is 23.2 Å². The van der Waals surface area contributed by atoms with E-state index in [0.29, 0.717) is 10.0 Å². The van der Waals surface area contributed by atoms with Gasteiger partial charge in [0.05, 0.1) is 16.7 Å². The van der Waals surface area contributed by atoms with Gasteiger partial charge in [0.25, 0.3) is 0 Å². The highest BCUT2D eigenvalue weighted by Crippen LogP contribution is 2.25. The molecule has 2 heterocycles. The lowest BCUT2D eigenvalue weighted by Gasteiger charge is -1.94. The van der Waals surface area contributed by atoms with Crippen molar-refractivity contribution in [1.82, 2.24) is 20.2 Å². The molecule has 6 heteroatoms. The van der Waals surface area contributed by atoms with Gasteiger partial charge in [-0.05, 0) is 36.4 Å². The Hall–Kier alpha value is -2.30. The number of hydrogen-bond donors (Lipinski definition) is 2. The highest BCUT2D eigenvalue weighted by molar-refractivity contribution is 6.31. The van der Waals surface area contributed by atoms with Crippen LogP contribution in [0.5, 0.6) is 0 Å². The van der Waals surface area contributed by atoms with Crippen LogP contribution in [-0.2, 0) is 0 Å². The zero-order valence-corrected chi connectivity index (χ0v) is 12.8. The van der Waals surface area contributed by atoms with E-state index in [4.69, 9.17) is 23.2 Å². The summed E-state index contributed by atoms with van der Waals surface area (Å²) >= 11 is 11.9. The number of nitrogens with zero attached hydrogens (tertiary/aromatic N) is 2. The molecule has 4 rings (SSSR count). The fourth-order valence-electron chi connectivity index (χ4n) is 2.32. The molecule has 0 atom stereocenters. The van der Waals surface area contributed by atoms with Crippen LogP contribution in [0.1, 0.15) is 0 Å². The molecule has 0 spiro atoms. The Kier molecular flexibility index (Phi) is 3.13. The van der Waals surface area contributed by atoms with Crippen LogP contribution in [-0.4, -0.2) is 20.2 Å². The molecular weight excluding hydrogens is 319 g/mol. The Labute approximate surface area is 136 Å². The molecule has 2 aromatic heterocycles. The molecule has 0 fully saturated rings. The number of nitrogens with one attached hydrogen (secondary N) is 2. The number of H-pyrrole nitrogens is 2. The average molecular weight is 329 g/mol. The number of benzene rings is 2. The monoisotopic (exact) mass is 328 g/mol. The fourth-order valence-corrected chi connectivity index (χ4v) is 2.61. The van der Waals surface area contributed by atoms with Gasteiger partial charge in [-0.15, -0.1) is 0 Å². The molecule has 4 aromatic rings. The molecule has 0 radical (unpaired) electrons. The number of rotatable bonds is 2. The first kappa shape index (κ1) is 13.4. The molecule has 0 saturated carbocycles. The van der Waals surface area contributed by atoms with Gasteiger partial charge in [-0.2, -0.15) is 5.10 Å². The van der Waals surface area contributed by atoms with Crippen molar-refractivity contribution in [3.63, 3.8) is 0 Å². The molecule has 2 aromatic carbocycles. The highest BCUT2D eigenvalue weighted by Gasteiger charge is 2.10. The van der Waals surface area contributed by atoms with Crippen LogP contribution in [0.15, 0.2) is 48.5 Å². The zero-order chi connectivity index (χ0) is 15.1. The molecule has 2 N–H and O–H groups in total. The van der Waals surface area contributed by atoms with Crippen LogP contribution in [0.2, 0.25) is 10.0 Å². The lowest BCUT2D eigenvalue weighted by atomic mass is 10.1. The maximum absolute atomic E-state index is 5.99. The van der Waals surface area contributed by atoms with Crippen LogP contribution in [0.3, 0.4) is 0 Å². The van der Waals surface area contributed by atoms with Crippen molar-refractivity contribution >= 4 is 34.2 Å². The van der Waals surface area contributed by atoms with Crippen LogP contribution in [0.4, 0.5) is 0 Å². The summed E-state index contributed by atoms with van der Waals surface area (Å²) in [6.45, 7) is 0. The highest BCUT2D eigenvalue weighted by atomic mass is 35.5. The minimum atomic E-state index is 0.664. The van der Waals surface area contributed by atoms with Gasteiger partial charge in [-0.3, -0.25) is 5.10 Å². The van der Waals surface area contributed by atoms with Crippen molar-refractivity contribution in [2.24, 2.45) is 0 Å². The first-order valence-electron chi connectivity index (χ1n) is 6.66. The Morgan fingerprint density at radius 3 is 2.45 bits per heavy atom. The van der Waals surface area contributed by atoms with Crippen LogP contribution in [0, 0.1) is 0 Å². The van der Waals surface area contributed by atoms with Crippen molar-refractivity contribution in [3.05, 3.63) is 58.6 Å². The van der Waals surface area contributed by atoms with E-state index in [-0.39, 0.29) is 0 Å². The Morgan fingerprint density at radius 1 is 0.864 bits per heavy atom. The summed E-state index contributed by atoms with van der Waals surface area (Å²) in [6.07, 6.45) is 0. The number of aromatic amines is 2. The Bertz CT molecular complexity index is 954. The topological polar surface area (TPSA) is 57.4 Å². The number of hydrogen-bond acceptors (Lipinski definition) is 2. The van der Waals surface area contributed by atoms with Gasteiger partial charge < -0.3 is 4.98 Å². The van der Waals surface area contributed by atoms with Crippen LogP contribution < -0.4 is 0 Å². The normalized spacial score (nSPS) is 11.2. The standard InChI is InChI=1S/C16H10Cl2N4/c17-10-3-1-9(2-4-10)13-8-15(22-21-13)16-19-12-6-5-11(18)7-14(12)20-16/h1-8H,(H,19,20)(H,21,22). The molecule has 0 aliphatic carbocycles. The first-order chi connectivity index (χ1) is 10.7.